The summed E-state index contributed by atoms with van der Waals surface area (Å²) in [4.78, 5) is 20.4. The minimum atomic E-state index is -2.36. The van der Waals surface area contributed by atoms with E-state index in [1.54, 1.807) is 0 Å². The molecule has 1 atom stereocenters. The van der Waals surface area contributed by atoms with Crippen molar-refractivity contribution >= 4 is 11.9 Å². The quantitative estimate of drug-likeness (QED) is 0.414. The number of carboxylic acids is 2. The molecule has 0 aromatic carbocycles. The molecule has 0 aliphatic heterocycles. The Labute approximate surface area is 68.1 Å². The van der Waals surface area contributed by atoms with Crippen LogP contribution in [0.1, 0.15) is 12.8 Å². The fourth-order valence-electron chi connectivity index (χ4n) is 0.706. The first-order valence-corrected chi connectivity index (χ1v) is 3.21. The molecule has 0 bridgehead atoms. The number of carboxylic acid groups (broad SMARTS) is 2. The van der Waals surface area contributed by atoms with Gasteiger partial charge < -0.3 is 20.4 Å². The smallest absolute Gasteiger partial charge is 0.336 e. The zero-order chi connectivity index (χ0) is 9.78. The Morgan fingerprint density at radius 2 is 1.75 bits per heavy atom. The summed E-state index contributed by atoms with van der Waals surface area (Å²) in [6, 6.07) is 0. The van der Waals surface area contributed by atoms with Crippen molar-refractivity contribution in [1.29, 1.82) is 0 Å². The van der Waals surface area contributed by atoms with Gasteiger partial charge in [-0.25, -0.2) is 4.79 Å². The molecule has 0 radical (unpaired) electrons. The first-order chi connectivity index (χ1) is 5.42. The molecule has 0 aliphatic rings. The number of aliphatic hydroxyl groups excluding tert-OH is 1. The molecule has 0 saturated carbocycles. The van der Waals surface area contributed by atoms with Gasteiger partial charge in [-0.2, -0.15) is 0 Å². The number of aliphatic hydroxyl groups is 2. The molecule has 0 aliphatic carbocycles. The molecular weight excluding hydrogens is 168 g/mol. The Bertz CT molecular complexity index is 188. The molecule has 0 aromatic heterocycles. The van der Waals surface area contributed by atoms with Crippen LogP contribution >= 0.6 is 0 Å². The predicted octanol–water partition coefficient (Wildman–Crippen LogP) is -1.34. The van der Waals surface area contributed by atoms with Crippen molar-refractivity contribution in [3.05, 3.63) is 0 Å². The Hall–Kier alpha value is -1.14. The lowest BCUT2D eigenvalue weighted by Crippen LogP contribution is -2.41. The average molecular weight is 178 g/mol. The molecule has 12 heavy (non-hydrogen) atoms. The van der Waals surface area contributed by atoms with Gasteiger partial charge in [0.2, 0.25) is 0 Å². The Morgan fingerprint density at radius 1 is 1.25 bits per heavy atom. The van der Waals surface area contributed by atoms with Crippen LogP contribution in [-0.2, 0) is 9.59 Å². The van der Waals surface area contributed by atoms with Crippen LogP contribution < -0.4 is 0 Å². The molecule has 0 unspecified atom stereocenters. The van der Waals surface area contributed by atoms with Crippen LogP contribution in [0.15, 0.2) is 0 Å². The second kappa shape index (κ2) is 4.03. The maximum atomic E-state index is 10.3. The van der Waals surface area contributed by atoms with Gasteiger partial charge in [0, 0.05) is 13.0 Å². The van der Waals surface area contributed by atoms with Gasteiger partial charge in [0.15, 0.2) is 5.60 Å². The van der Waals surface area contributed by atoms with Gasteiger partial charge in [0.1, 0.15) is 0 Å². The molecule has 4 N–H and O–H groups in total. The van der Waals surface area contributed by atoms with Gasteiger partial charge in [-0.05, 0) is 0 Å². The number of hydrogen-bond donors (Lipinski definition) is 4. The number of carbonyl (C=O) groups is 2. The standard InChI is InChI=1S/C6H10O6/c7-2-1-6(12,5(10)11)3-4(8)9/h7,12H,1-3H2,(H,8,9)(H,10,11)/t6-/m1/s1. The van der Waals surface area contributed by atoms with Crippen molar-refractivity contribution in [1.82, 2.24) is 0 Å². The van der Waals surface area contributed by atoms with E-state index in [4.69, 9.17) is 20.4 Å². The molecule has 0 saturated heterocycles. The third kappa shape index (κ3) is 2.85. The van der Waals surface area contributed by atoms with Crippen LogP contribution in [0.4, 0.5) is 0 Å². The first kappa shape index (κ1) is 10.9. The lowest BCUT2D eigenvalue weighted by Gasteiger charge is -2.19. The molecular formula is C6H10O6. The van der Waals surface area contributed by atoms with E-state index in [-0.39, 0.29) is 0 Å². The molecule has 0 spiro atoms. The maximum absolute atomic E-state index is 10.3. The molecule has 0 heterocycles. The van der Waals surface area contributed by atoms with Gasteiger partial charge >= 0.3 is 11.9 Å². The highest BCUT2D eigenvalue weighted by Crippen LogP contribution is 2.14. The Kier molecular flexibility index (Phi) is 3.65. The van der Waals surface area contributed by atoms with E-state index in [1.165, 1.54) is 0 Å². The Balaban J connectivity index is 4.38. The van der Waals surface area contributed by atoms with Crippen molar-refractivity contribution in [2.24, 2.45) is 0 Å². The molecule has 70 valence electrons. The van der Waals surface area contributed by atoms with Crippen LogP contribution in [0.5, 0.6) is 0 Å². The second-order valence-electron chi connectivity index (χ2n) is 2.38. The van der Waals surface area contributed by atoms with Crippen LogP contribution in [0.25, 0.3) is 0 Å². The number of hydrogen-bond acceptors (Lipinski definition) is 4. The highest BCUT2D eigenvalue weighted by atomic mass is 16.4. The third-order valence-electron chi connectivity index (χ3n) is 1.37. The molecule has 0 rings (SSSR count). The van der Waals surface area contributed by atoms with Gasteiger partial charge in [0.25, 0.3) is 0 Å². The number of aliphatic carboxylic acids is 2. The summed E-state index contributed by atoms with van der Waals surface area (Å²) in [6.45, 7) is -0.573. The lowest BCUT2D eigenvalue weighted by molar-refractivity contribution is -0.166. The summed E-state index contributed by atoms with van der Waals surface area (Å²) < 4.78 is 0. The zero-order valence-electron chi connectivity index (χ0n) is 6.23. The first-order valence-electron chi connectivity index (χ1n) is 3.21. The minimum Gasteiger partial charge on any atom is -0.481 e. The van der Waals surface area contributed by atoms with Crippen molar-refractivity contribution < 1.29 is 30.0 Å². The zero-order valence-corrected chi connectivity index (χ0v) is 6.23. The third-order valence-corrected chi connectivity index (χ3v) is 1.37. The van der Waals surface area contributed by atoms with Crippen molar-refractivity contribution in [3.63, 3.8) is 0 Å². The highest BCUT2D eigenvalue weighted by molar-refractivity contribution is 5.83. The largest absolute Gasteiger partial charge is 0.481 e. The SMILES string of the molecule is O=C(O)C[C@](O)(CCO)C(=O)O. The fourth-order valence-corrected chi connectivity index (χ4v) is 0.706. The minimum absolute atomic E-state index is 0.491. The molecule has 6 nitrogen and oxygen atoms in total. The normalized spacial score (nSPS) is 15.2. The molecule has 6 heteroatoms. The highest BCUT2D eigenvalue weighted by Gasteiger charge is 2.37. The van der Waals surface area contributed by atoms with E-state index in [0.29, 0.717) is 0 Å². The molecule has 0 amide bonds. The van der Waals surface area contributed by atoms with Crippen LogP contribution in [0.2, 0.25) is 0 Å². The lowest BCUT2D eigenvalue weighted by atomic mass is 9.96. The van der Waals surface area contributed by atoms with E-state index < -0.39 is 37.0 Å². The van der Waals surface area contributed by atoms with E-state index in [0.717, 1.165) is 0 Å². The van der Waals surface area contributed by atoms with Crippen LogP contribution in [-0.4, -0.2) is 44.6 Å². The van der Waals surface area contributed by atoms with Gasteiger partial charge in [0.05, 0.1) is 6.42 Å². The summed E-state index contributed by atoms with van der Waals surface area (Å²) in [7, 11) is 0. The van der Waals surface area contributed by atoms with E-state index >= 15 is 0 Å². The van der Waals surface area contributed by atoms with E-state index in [2.05, 4.69) is 0 Å². The summed E-state index contributed by atoms with van der Waals surface area (Å²) >= 11 is 0. The van der Waals surface area contributed by atoms with Crippen molar-refractivity contribution in [2.75, 3.05) is 6.61 Å². The predicted molar refractivity (Wildman–Crippen MR) is 36.5 cm³/mol. The average Bonchev–Trinajstić information content (AvgIpc) is 1.85. The monoisotopic (exact) mass is 178 g/mol. The van der Waals surface area contributed by atoms with Gasteiger partial charge in [-0.15, -0.1) is 0 Å². The summed E-state index contributed by atoms with van der Waals surface area (Å²) in [6.07, 6.45) is -1.41. The van der Waals surface area contributed by atoms with E-state index in [1.807, 2.05) is 0 Å². The van der Waals surface area contributed by atoms with Crippen LogP contribution in [0.3, 0.4) is 0 Å². The van der Waals surface area contributed by atoms with Crippen LogP contribution in [0, 0.1) is 0 Å². The second-order valence-corrected chi connectivity index (χ2v) is 2.38. The molecule has 0 aromatic rings. The van der Waals surface area contributed by atoms with Gasteiger partial charge in [-0.3, -0.25) is 4.79 Å². The summed E-state index contributed by atoms with van der Waals surface area (Å²) in [5, 5.41) is 34.1. The molecule has 0 fully saturated rings. The topological polar surface area (TPSA) is 115 Å². The Morgan fingerprint density at radius 3 is 2.00 bits per heavy atom. The van der Waals surface area contributed by atoms with Crippen molar-refractivity contribution in [2.45, 2.75) is 18.4 Å². The summed E-state index contributed by atoms with van der Waals surface area (Å²) in [5.74, 6) is -3.06. The summed E-state index contributed by atoms with van der Waals surface area (Å²) in [5.41, 5.74) is -2.36. The van der Waals surface area contributed by atoms with Gasteiger partial charge in [-0.1, -0.05) is 0 Å². The van der Waals surface area contributed by atoms with Crippen molar-refractivity contribution in [3.8, 4) is 0 Å². The maximum Gasteiger partial charge on any atom is 0.336 e. The van der Waals surface area contributed by atoms with E-state index in [9.17, 15) is 9.59 Å². The number of rotatable bonds is 5. The fraction of sp³-hybridized carbons (Fsp3) is 0.667.